The van der Waals surface area contributed by atoms with E-state index in [1.54, 1.807) is 35.3 Å². The zero-order chi connectivity index (χ0) is 24.9. The van der Waals surface area contributed by atoms with Crippen molar-refractivity contribution in [3.8, 4) is 16.9 Å². The van der Waals surface area contributed by atoms with Gasteiger partial charge in [0, 0.05) is 23.5 Å². The third-order valence-corrected chi connectivity index (χ3v) is 5.78. The first-order valence-electron chi connectivity index (χ1n) is 11.1. The number of hydrogen-bond acceptors (Lipinski definition) is 4. The summed E-state index contributed by atoms with van der Waals surface area (Å²) in [5.41, 5.74) is 3.18. The van der Waals surface area contributed by atoms with Crippen LogP contribution in [-0.4, -0.2) is 25.5 Å². The highest BCUT2D eigenvalue weighted by Crippen LogP contribution is 2.22. The predicted octanol–water partition coefficient (Wildman–Crippen LogP) is 5.88. The molecular weight excluding hydrogens is 481 g/mol. The van der Waals surface area contributed by atoms with Crippen molar-refractivity contribution in [1.29, 1.82) is 0 Å². The molecule has 0 atom stereocenters. The van der Waals surface area contributed by atoms with E-state index in [2.05, 4.69) is 27.6 Å². The van der Waals surface area contributed by atoms with Gasteiger partial charge in [0.05, 0.1) is 6.54 Å². The Morgan fingerprint density at radius 1 is 0.889 bits per heavy atom. The van der Waals surface area contributed by atoms with Crippen LogP contribution in [0.1, 0.15) is 16.1 Å². The molecule has 0 spiro atoms. The number of aromatic nitrogens is 4. The van der Waals surface area contributed by atoms with Crippen LogP contribution in [0.15, 0.2) is 97.3 Å². The fraction of sp³-hybridized carbons (Fsp3) is 0.0741. The summed E-state index contributed by atoms with van der Waals surface area (Å²) in [6.07, 6.45) is 3.37. The van der Waals surface area contributed by atoms with Crippen molar-refractivity contribution < 1.29 is 13.9 Å². The fourth-order valence-electron chi connectivity index (χ4n) is 3.59. The maximum absolute atomic E-state index is 13.2. The first kappa shape index (κ1) is 23.3. The molecule has 1 amide bonds. The topological polar surface area (TPSA) is 74.0 Å². The molecule has 5 aromatic rings. The number of benzene rings is 3. The molecule has 0 aliphatic rings. The molecule has 3 aromatic carbocycles. The number of nitrogens with zero attached hydrogens (tertiary/aromatic N) is 4. The lowest BCUT2D eigenvalue weighted by molar-refractivity contribution is 0.101. The summed E-state index contributed by atoms with van der Waals surface area (Å²) in [5.74, 6) is 0.263. The maximum atomic E-state index is 13.2. The number of ether oxygens (including phenoxy) is 1. The molecule has 0 saturated carbocycles. The molecular formula is C27H21ClFN5O2. The van der Waals surface area contributed by atoms with Crippen LogP contribution >= 0.6 is 11.6 Å². The van der Waals surface area contributed by atoms with Crippen molar-refractivity contribution in [2.24, 2.45) is 0 Å². The predicted molar refractivity (Wildman–Crippen MR) is 135 cm³/mol. The van der Waals surface area contributed by atoms with Gasteiger partial charge in [-0.15, -0.1) is 0 Å². The smallest absolute Gasteiger partial charge is 0.277 e. The van der Waals surface area contributed by atoms with Gasteiger partial charge < -0.3 is 10.1 Å². The number of nitrogens with one attached hydrogen (secondary N) is 1. The van der Waals surface area contributed by atoms with Crippen LogP contribution in [0.4, 0.5) is 10.2 Å². The Morgan fingerprint density at radius 3 is 2.42 bits per heavy atom. The van der Waals surface area contributed by atoms with E-state index in [-0.39, 0.29) is 12.4 Å². The van der Waals surface area contributed by atoms with Crippen LogP contribution in [0.25, 0.3) is 11.1 Å². The molecule has 36 heavy (non-hydrogen) atoms. The zero-order valence-corrected chi connectivity index (χ0v) is 19.8. The lowest BCUT2D eigenvalue weighted by Crippen LogP contribution is -2.15. The highest BCUT2D eigenvalue weighted by molar-refractivity contribution is 6.31. The standard InChI is InChI=1S/C27H21ClFN5O2/c28-24-16-22(29)9-6-21(24)17-33-15-13-26(32-33)30-27(35)25-12-14-34(31-25)18-36-23-10-7-20(8-11-23)19-4-2-1-3-5-19/h1-16H,17-18H2,(H,30,32,35). The summed E-state index contributed by atoms with van der Waals surface area (Å²) in [5, 5.41) is 11.6. The summed E-state index contributed by atoms with van der Waals surface area (Å²) in [4.78, 5) is 12.6. The summed E-state index contributed by atoms with van der Waals surface area (Å²) in [6, 6.07) is 25.3. The van der Waals surface area contributed by atoms with Crippen LogP contribution in [0, 0.1) is 5.82 Å². The molecule has 7 nitrogen and oxygen atoms in total. The Balaban J connectivity index is 1.15. The van der Waals surface area contributed by atoms with Gasteiger partial charge in [-0.2, -0.15) is 10.2 Å². The van der Waals surface area contributed by atoms with Crippen LogP contribution in [0.2, 0.25) is 5.02 Å². The molecule has 5 rings (SSSR count). The third-order valence-electron chi connectivity index (χ3n) is 5.43. The molecule has 0 aliphatic carbocycles. The Labute approximate surface area is 211 Å². The van der Waals surface area contributed by atoms with Gasteiger partial charge in [0.15, 0.2) is 18.2 Å². The van der Waals surface area contributed by atoms with Crippen LogP contribution < -0.4 is 10.1 Å². The molecule has 2 heterocycles. The largest absolute Gasteiger partial charge is 0.471 e. The van der Waals surface area contributed by atoms with Crippen LogP contribution in [-0.2, 0) is 13.3 Å². The molecule has 0 aliphatic heterocycles. The molecule has 0 saturated heterocycles. The molecule has 0 bridgehead atoms. The van der Waals surface area contributed by atoms with Gasteiger partial charge in [-0.25, -0.2) is 9.07 Å². The number of halogens is 2. The van der Waals surface area contributed by atoms with Crippen molar-refractivity contribution in [3.05, 3.63) is 119 Å². The SMILES string of the molecule is O=C(Nc1ccn(Cc2ccc(F)cc2Cl)n1)c1ccn(COc2ccc(-c3ccccc3)cc2)n1. The van der Waals surface area contributed by atoms with Gasteiger partial charge >= 0.3 is 0 Å². The second kappa shape index (κ2) is 10.5. The van der Waals surface area contributed by atoms with Gasteiger partial charge in [-0.05, 0) is 47.0 Å². The highest BCUT2D eigenvalue weighted by atomic mass is 35.5. The molecule has 1 N–H and O–H groups in total. The van der Waals surface area contributed by atoms with E-state index < -0.39 is 11.7 Å². The normalized spacial score (nSPS) is 10.8. The van der Waals surface area contributed by atoms with Crippen molar-refractivity contribution in [3.63, 3.8) is 0 Å². The van der Waals surface area contributed by atoms with Crippen LogP contribution in [0.5, 0.6) is 5.75 Å². The Bertz CT molecular complexity index is 1480. The van der Waals surface area contributed by atoms with Crippen molar-refractivity contribution in [2.75, 3.05) is 5.32 Å². The van der Waals surface area contributed by atoms with Gasteiger partial charge in [-0.3, -0.25) is 9.48 Å². The molecule has 0 radical (unpaired) electrons. The molecule has 180 valence electrons. The summed E-state index contributed by atoms with van der Waals surface area (Å²) >= 11 is 6.08. The van der Waals surface area contributed by atoms with Crippen LogP contribution in [0.3, 0.4) is 0 Å². The maximum Gasteiger partial charge on any atom is 0.277 e. The average Bonchev–Trinajstić information content (AvgIpc) is 3.55. The molecule has 0 fully saturated rings. The summed E-state index contributed by atoms with van der Waals surface area (Å²) in [6.45, 7) is 0.498. The van der Waals surface area contributed by atoms with E-state index in [0.717, 1.165) is 11.1 Å². The number of rotatable bonds is 8. The second-order valence-electron chi connectivity index (χ2n) is 7.99. The molecule has 0 unspecified atom stereocenters. The van der Waals surface area contributed by atoms with Crippen molar-refractivity contribution in [2.45, 2.75) is 13.3 Å². The number of anilines is 1. The van der Waals surface area contributed by atoms with Gasteiger partial charge in [-0.1, -0.05) is 60.1 Å². The van der Waals surface area contributed by atoms with E-state index >= 15 is 0 Å². The third kappa shape index (κ3) is 5.61. The van der Waals surface area contributed by atoms with Crippen molar-refractivity contribution in [1.82, 2.24) is 19.6 Å². The quantitative estimate of drug-likeness (QED) is 0.288. The number of amides is 1. The second-order valence-corrected chi connectivity index (χ2v) is 8.40. The summed E-state index contributed by atoms with van der Waals surface area (Å²) in [7, 11) is 0. The van der Waals surface area contributed by atoms with Crippen molar-refractivity contribution >= 4 is 23.3 Å². The lowest BCUT2D eigenvalue weighted by Gasteiger charge is -2.07. The highest BCUT2D eigenvalue weighted by Gasteiger charge is 2.12. The lowest BCUT2D eigenvalue weighted by atomic mass is 10.1. The van der Waals surface area contributed by atoms with E-state index in [0.29, 0.717) is 28.7 Å². The van der Waals surface area contributed by atoms with E-state index in [1.807, 2.05) is 42.5 Å². The monoisotopic (exact) mass is 501 g/mol. The average molecular weight is 502 g/mol. The molecule has 9 heteroatoms. The number of carbonyl (C=O) groups excluding carboxylic acids is 1. The van der Waals surface area contributed by atoms with Gasteiger partial charge in [0.2, 0.25) is 0 Å². The number of hydrogen-bond donors (Lipinski definition) is 1. The van der Waals surface area contributed by atoms with Gasteiger partial charge in [0.25, 0.3) is 5.91 Å². The minimum absolute atomic E-state index is 0.158. The Morgan fingerprint density at radius 2 is 1.64 bits per heavy atom. The number of carbonyl (C=O) groups is 1. The fourth-order valence-corrected chi connectivity index (χ4v) is 3.82. The minimum Gasteiger partial charge on any atom is -0.471 e. The molecule has 2 aromatic heterocycles. The summed E-state index contributed by atoms with van der Waals surface area (Å²) < 4.78 is 22.2. The van der Waals surface area contributed by atoms with Gasteiger partial charge in [0.1, 0.15) is 11.6 Å². The van der Waals surface area contributed by atoms with E-state index in [9.17, 15) is 9.18 Å². The Kier molecular flexibility index (Phi) is 6.77. The van der Waals surface area contributed by atoms with E-state index in [1.165, 1.54) is 16.8 Å². The van der Waals surface area contributed by atoms with E-state index in [4.69, 9.17) is 16.3 Å². The zero-order valence-electron chi connectivity index (χ0n) is 19.0. The first-order chi connectivity index (χ1) is 17.5. The minimum atomic E-state index is -0.400. The Hall–Kier alpha value is -4.43. The first-order valence-corrected chi connectivity index (χ1v) is 11.5.